The maximum Gasteiger partial charge on any atom is 0.336 e. The second-order valence-electron chi connectivity index (χ2n) is 8.27. The second kappa shape index (κ2) is 10.2. The molecule has 3 heterocycles. The van der Waals surface area contributed by atoms with Gasteiger partial charge in [0.05, 0.1) is 37.0 Å². The number of hydrogen-bond donors (Lipinski definition) is 1. The highest BCUT2D eigenvalue weighted by molar-refractivity contribution is 7.17. The smallest absolute Gasteiger partial charge is 0.336 e. The van der Waals surface area contributed by atoms with Gasteiger partial charge in [0.1, 0.15) is 16.3 Å². The molecular weight excluding hydrogens is 497 g/mol. The molecule has 10 heteroatoms. The zero-order valence-corrected chi connectivity index (χ0v) is 20.2. The Kier molecular flexibility index (Phi) is 6.65. The van der Waals surface area contributed by atoms with Crippen LogP contribution in [0.25, 0.3) is 15.9 Å². The van der Waals surface area contributed by atoms with Gasteiger partial charge in [-0.15, -0.1) is 11.3 Å². The van der Waals surface area contributed by atoms with Crippen molar-refractivity contribution in [1.82, 2.24) is 14.5 Å². The molecule has 0 saturated carbocycles. The largest absolute Gasteiger partial charge is 0.467 e. The molecule has 2 aromatic carbocycles. The molecule has 0 spiro atoms. The third-order valence-corrected chi connectivity index (χ3v) is 6.71. The number of Topliss-reactive ketones (excluding diaryl/α,β-unsaturated/α-hetero) is 1. The maximum absolute atomic E-state index is 13.4. The zero-order chi connectivity index (χ0) is 25.9. The minimum Gasteiger partial charge on any atom is -0.467 e. The van der Waals surface area contributed by atoms with Gasteiger partial charge in [0.2, 0.25) is 5.91 Å². The number of hydrogen-bond acceptors (Lipinski definition) is 6. The molecule has 5 rings (SSSR count). The molecule has 0 atom stereocenters. The number of aromatic nitrogens is 2. The predicted octanol–water partition coefficient (Wildman–Crippen LogP) is 3.69. The van der Waals surface area contributed by atoms with Crippen molar-refractivity contribution >= 4 is 33.2 Å². The fourth-order valence-electron chi connectivity index (χ4n) is 3.95. The molecule has 0 unspecified atom stereocenters. The van der Waals surface area contributed by atoms with Gasteiger partial charge in [-0.1, -0.05) is 12.1 Å². The molecule has 0 fully saturated rings. The fraction of sp³-hybridized carbons (Fsp3) is 0.111. The first-order valence-electron chi connectivity index (χ1n) is 11.3. The van der Waals surface area contributed by atoms with Crippen molar-refractivity contribution in [2.24, 2.45) is 0 Å². The van der Waals surface area contributed by atoms with Gasteiger partial charge in [-0.05, 0) is 65.5 Å². The highest BCUT2D eigenvalue weighted by Gasteiger charge is 2.18. The predicted molar refractivity (Wildman–Crippen MR) is 137 cm³/mol. The molecule has 0 radical (unpaired) electrons. The standard InChI is InChI=1S/C27H20FN3O5S/c28-19-7-5-18(6-8-19)23(32)16-30-22-11-13-37-25(22)26(34)31(27(30)35)20-9-3-17(4-10-20)14-24(33)29-15-21-2-1-12-36-21/h1-13H,14-16H2,(H,29,33). The van der Waals surface area contributed by atoms with Crippen LogP contribution in [0.1, 0.15) is 21.7 Å². The molecule has 0 bridgehead atoms. The summed E-state index contributed by atoms with van der Waals surface area (Å²) in [6.45, 7) is -0.0395. The van der Waals surface area contributed by atoms with Crippen molar-refractivity contribution in [3.63, 3.8) is 0 Å². The van der Waals surface area contributed by atoms with E-state index in [1.807, 2.05) is 0 Å². The van der Waals surface area contributed by atoms with Crippen LogP contribution in [-0.2, 0) is 24.3 Å². The van der Waals surface area contributed by atoms with Gasteiger partial charge < -0.3 is 9.73 Å². The van der Waals surface area contributed by atoms with Gasteiger partial charge in [-0.25, -0.2) is 13.8 Å². The Bertz CT molecular complexity index is 1700. The number of ketones is 1. The van der Waals surface area contributed by atoms with Crippen molar-refractivity contribution < 1.29 is 18.4 Å². The second-order valence-corrected chi connectivity index (χ2v) is 9.19. The number of rotatable bonds is 8. The van der Waals surface area contributed by atoms with E-state index in [2.05, 4.69) is 5.32 Å². The van der Waals surface area contributed by atoms with E-state index in [4.69, 9.17) is 4.42 Å². The highest BCUT2D eigenvalue weighted by atomic mass is 32.1. The van der Waals surface area contributed by atoms with E-state index in [0.29, 0.717) is 27.2 Å². The van der Waals surface area contributed by atoms with Crippen LogP contribution < -0.4 is 16.6 Å². The van der Waals surface area contributed by atoms with Gasteiger partial charge in [0, 0.05) is 5.56 Å². The molecule has 0 aliphatic rings. The maximum atomic E-state index is 13.4. The Morgan fingerprint density at radius 1 is 0.973 bits per heavy atom. The molecule has 186 valence electrons. The first-order chi connectivity index (χ1) is 17.9. The monoisotopic (exact) mass is 517 g/mol. The Balaban J connectivity index is 1.42. The summed E-state index contributed by atoms with van der Waals surface area (Å²) in [4.78, 5) is 51.7. The highest BCUT2D eigenvalue weighted by Crippen LogP contribution is 2.18. The Labute approximate surface area is 213 Å². The summed E-state index contributed by atoms with van der Waals surface area (Å²) in [6, 6.07) is 16.7. The van der Waals surface area contributed by atoms with E-state index in [9.17, 15) is 23.6 Å². The zero-order valence-electron chi connectivity index (χ0n) is 19.3. The summed E-state index contributed by atoms with van der Waals surface area (Å²) in [5.41, 5.74) is 0.450. The van der Waals surface area contributed by atoms with Crippen molar-refractivity contribution in [2.75, 3.05) is 0 Å². The summed E-state index contributed by atoms with van der Waals surface area (Å²) in [5.74, 6) is -0.430. The lowest BCUT2D eigenvalue weighted by atomic mass is 10.1. The average molecular weight is 518 g/mol. The Morgan fingerprint density at radius 2 is 1.73 bits per heavy atom. The lowest BCUT2D eigenvalue weighted by Gasteiger charge is -2.12. The van der Waals surface area contributed by atoms with E-state index < -0.39 is 22.8 Å². The van der Waals surface area contributed by atoms with Crippen LogP contribution in [-0.4, -0.2) is 20.8 Å². The van der Waals surface area contributed by atoms with Crippen LogP contribution in [0.3, 0.4) is 0 Å². The number of thiophene rings is 1. The quantitative estimate of drug-likeness (QED) is 0.316. The van der Waals surface area contributed by atoms with Crippen LogP contribution in [0.5, 0.6) is 0 Å². The number of furan rings is 1. The van der Waals surface area contributed by atoms with Crippen molar-refractivity contribution in [2.45, 2.75) is 19.5 Å². The van der Waals surface area contributed by atoms with Crippen LogP contribution in [0.4, 0.5) is 4.39 Å². The minimum absolute atomic E-state index is 0.107. The third kappa shape index (κ3) is 5.05. The fourth-order valence-corrected chi connectivity index (χ4v) is 4.77. The van der Waals surface area contributed by atoms with Crippen LogP contribution >= 0.6 is 11.3 Å². The van der Waals surface area contributed by atoms with E-state index >= 15 is 0 Å². The van der Waals surface area contributed by atoms with E-state index in [1.165, 1.54) is 46.4 Å². The first kappa shape index (κ1) is 24.1. The SMILES string of the molecule is O=C(Cc1ccc(-n2c(=O)c3sccc3n(CC(=O)c3ccc(F)cc3)c2=O)cc1)NCc1ccco1. The van der Waals surface area contributed by atoms with Crippen molar-refractivity contribution in [3.8, 4) is 5.69 Å². The molecule has 1 amide bonds. The number of amides is 1. The number of benzene rings is 2. The molecular formula is C27H20FN3O5S. The number of nitrogens with zero attached hydrogens (tertiary/aromatic N) is 2. The first-order valence-corrected chi connectivity index (χ1v) is 12.2. The molecule has 0 aliphatic carbocycles. The number of carbonyl (C=O) groups is 2. The molecule has 1 N–H and O–H groups in total. The van der Waals surface area contributed by atoms with E-state index in [-0.39, 0.29) is 31.0 Å². The van der Waals surface area contributed by atoms with Crippen LogP contribution in [0, 0.1) is 5.82 Å². The van der Waals surface area contributed by atoms with Gasteiger partial charge in [-0.2, -0.15) is 0 Å². The normalized spacial score (nSPS) is 11.1. The van der Waals surface area contributed by atoms with Gasteiger partial charge in [-0.3, -0.25) is 19.0 Å². The van der Waals surface area contributed by atoms with Crippen molar-refractivity contribution in [1.29, 1.82) is 0 Å². The summed E-state index contributed by atoms with van der Waals surface area (Å²) in [7, 11) is 0. The summed E-state index contributed by atoms with van der Waals surface area (Å²) in [6.07, 6.45) is 1.64. The third-order valence-electron chi connectivity index (χ3n) is 5.82. The summed E-state index contributed by atoms with van der Waals surface area (Å²) in [5, 5.41) is 4.44. The molecule has 0 aliphatic heterocycles. The van der Waals surface area contributed by atoms with Crippen LogP contribution in [0.15, 0.2) is 92.4 Å². The molecule has 5 aromatic rings. The number of nitrogens with one attached hydrogen (secondary N) is 1. The Morgan fingerprint density at radius 3 is 2.43 bits per heavy atom. The molecule has 3 aromatic heterocycles. The topological polar surface area (TPSA) is 103 Å². The Hall–Kier alpha value is -4.57. The summed E-state index contributed by atoms with van der Waals surface area (Å²) >= 11 is 1.17. The van der Waals surface area contributed by atoms with E-state index in [0.717, 1.165) is 4.57 Å². The summed E-state index contributed by atoms with van der Waals surface area (Å²) < 4.78 is 21.0. The molecule has 8 nitrogen and oxygen atoms in total. The number of halogens is 1. The minimum atomic E-state index is -0.671. The van der Waals surface area contributed by atoms with E-state index in [1.54, 1.807) is 47.8 Å². The van der Waals surface area contributed by atoms with Gasteiger partial charge >= 0.3 is 5.69 Å². The molecule has 0 saturated heterocycles. The van der Waals surface area contributed by atoms with Gasteiger partial charge in [0.15, 0.2) is 5.78 Å². The number of fused-ring (bicyclic) bond motifs is 1. The lowest BCUT2D eigenvalue weighted by molar-refractivity contribution is -0.120. The van der Waals surface area contributed by atoms with Crippen molar-refractivity contribution in [3.05, 3.63) is 122 Å². The average Bonchev–Trinajstić information content (AvgIpc) is 3.59. The lowest BCUT2D eigenvalue weighted by Crippen LogP contribution is -2.39. The molecule has 37 heavy (non-hydrogen) atoms. The van der Waals surface area contributed by atoms with Crippen LogP contribution in [0.2, 0.25) is 0 Å². The number of carbonyl (C=O) groups excluding carboxylic acids is 2. The van der Waals surface area contributed by atoms with Gasteiger partial charge in [0.25, 0.3) is 5.56 Å².